The number of hydrogen-bond donors (Lipinski definition) is 3. The molecule has 0 aliphatic carbocycles. The quantitative estimate of drug-likeness (QED) is 0.560. The van der Waals surface area contributed by atoms with Crippen LogP contribution in [0.15, 0.2) is 29.0 Å². The van der Waals surface area contributed by atoms with E-state index in [9.17, 15) is 9.18 Å². The van der Waals surface area contributed by atoms with Gasteiger partial charge in [-0.2, -0.15) is 5.26 Å². The van der Waals surface area contributed by atoms with E-state index < -0.39 is 6.04 Å². The molecule has 2 aromatic rings. The van der Waals surface area contributed by atoms with Crippen molar-refractivity contribution in [3.05, 3.63) is 34.8 Å². The molecular weight excluding hydrogens is 401 g/mol. The van der Waals surface area contributed by atoms with E-state index in [4.69, 9.17) is 5.26 Å². The fourth-order valence-electron chi connectivity index (χ4n) is 3.61. The van der Waals surface area contributed by atoms with Crippen LogP contribution in [0.25, 0.3) is 11.1 Å². The lowest BCUT2D eigenvalue weighted by Gasteiger charge is -2.29. The van der Waals surface area contributed by atoms with Crippen molar-refractivity contribution in [1.29, 1.82) is 5.26 Å². The molecule has 1 aliphatic heterocycles. The molecule has 160 valence electrons. The largest absolute Gasteiger partial charge is 0.372 e. The number of rotatable bonds is 8. The van der Waals surface area contributed by atoms with E-state index in [2.05, 4.69) is 20.9 Å². The number of halogens is 1. The molecule has 0 radical (unpaired) electrons. The van der Waals surface area contributed by atoms with Crippen LogP contribution >= 0.6 is 11.3 Å². The minimum Gasteiger partial charge on any atom is -0.372 e. The fourth-order valence-corrected chi connectivity index (χ4v) is 4.41. The van der Waals surface area contributed by atoms with E-state index in [1.165, 1.54) is 11.3 Å². The summed E-state index contributed by atoms with van der Waals surface area (Å²) in [6.07, 6.45) is 0.628. The number of hydrogen-bond acceptors (Lipinski definition) is 6. The molecule has 3 rings (SSSR count). The first kappa shape index (κ1) is 22.1. The number of thiophene rings is 1. The summed E-state index contributed by atoms with van der Waals surface area (Å²) in [5, 5.41) is 21.9. The Kier molecular flexibility index (Phi) is 7.66. The highest BCUT2D eigenvalue weighted by Crippen LogP contribution is 2.35. The third-order valence-electron chi connectivity index (χ3n) is 5.07. The Balaban J connectivity index is 1.80. The van der Waals surface area contributed by atoms with Crippen molar-refractivity contribution >= 4 is 28.6 Å². The molecule has 1 aliphatic rings. The normalized spacial score (nSPS) is 15.0. The molecule has 0 bridgehead atoms. The maximum absolute atomic E-state index is 14.9. The third kappa shape index (κ3) is 5.49. The number of nitriles is 1. The molecule has 1 aromatic carbocycles. The van der Waals surface area contributed by atoms with Gasteiger partial charge in [-0.25, -0.2) is 4.39 Å². The molecule has 3 N–H and O–H groups in total. The van der Waals surface area contributed by atoms with E-state index in [1.54, 1.807) is 6.07 Å². The van der Waals surface area contributed by atoms with Crippen molar-refractivity contribution in [2.45, 2.75) is 26.3 Å². The summed E-state index contributed by atoms with van der Waals surface area (Å²) >= 11 is 1.50. The average molecular weight is 430 g/mol. The number of amides is 1. The summed E-state index contributed by atoms with van der Waals surface area (Å²) in [5.41, 5.74) is 3.06. The summed E-state index contributed by atoms with van der Waals surface area (Å²) in [5.74, 6) is -0.145. The Morgan fingerprint density at radius 2 is 2.10 bits per heavy atom. The monoisotopic (exact) mass is 429 g/mol. The molecule has 6 nitrogen and oxygen atoms in total. The predicted octanol–water partition coefficient (Wildman–Crippen LogP) is 3.43. The van der Waals surface area contributed by atoms with Crippen LogP contribution in [0.5, 0.6) is 0 Å². The number of nitrogens with zero attached hydrogens (tertiary/aromatic N) is 2. The Hall–Kier alpha value is -2.63. The van der Waals surface area contributed by atoms with Gasteiger partial charge < -0.3 is 20.9 Å². The summed E-state index contributed by atoms with van der Waals surface area (Å²) in [7, 11) is 0. The molecular formula is C22H28FN5OS. The number of carbonyl (C=O) groups is 1. The number of nitrogens with one attached hydrogen (secondary N) is 3. The zero-order valence-electron chi connectivity index (χ0n) is 17.4. The summed E-state index contributed by atoms with van der Waals surface area (Å²) in [6, 6.07) is 6.81. The lowest BCUT2D eigenvalue weighted by molar-refractivity contribution is -0.121. The number of benzene rings is 1. The second-order valence-electron chi connectivity index (χ2n) is 7.80. The van der Waals surface area contributed by atoms with Gasteiger partial charge in [-0.1, -0.05) is 19.9 Å². The Morgan fingerprint density at radius 3 is 2.77 bits per heavy atom. The van der Waals surface area contributed by atoms with Crippen LogP contribution in [0.3, 0.4) is 0 Å². The smallest absolute Gasteiger partial charge is 0.243 e. The molecule has 2 heterocycles. The van der Waals surface area contributed by atoms with Crippen LogP contribution in [0.1, 0.15) is 20.3 Å². The topological polar surface area (TPSA) is 80.2 Å². The minimum atomic E-state index is -0.461. The van der Waals surface area contributed by atoms with Gasteiger partial charge in [0.05, 0.1) is 17.4 Å². The van der Waals surface area contributed by atoms with Crippen molar-refractivity contribution in [3.63, 3.8) is 0 Å². The highest BCUT2D eigenvalue weighted by Gasteiger charge is 2.22. The van der Waals surface area contributed by atoms with Gasteiger partial charge in [0.15, 0.2) is 0 Å². The fraction of sp³-hybridized carbons (Fsp3) is 0.455. The average Bonchev–Trinajstić information content (AvgIpc) is 3.20. The molecule has 0 unspecified atom stereocenters. The molecule has 1 amide bonds. The van der Waals surface area contributed by atoms with Gasteiger partial charge in [-0.15, -0.1) is 11.3 Å². The highest BCUT2D eigenvalue weighted by molar-refractivity contribution is 7.08. The van der Waals surface area contributed by atoms with Crippen LogP contribution in [0, 0.1) is 23.1 Å². The number of carbonyl (C=O) groups excluding carboxylic acids is 1. The predicted molar refractivity (Wildman–Crippen MR) is 120 cm³/mol. The molecule has 0 spiro atoms. The molecule has 1 saturated heterocycles. The maximum Gasteiger partial charge on any atom is 0.243 e. The summed E-state index contributed by atoms with van der Waals surface area (Å²) < 4.78 is 14.9. The van der Waals surface area contributed by atoms with E-state index in [-0.39, 0.29) is 18.3 Å². The second-order valence-corrected chi connectivity index (χ2v) is 8.55. The van der Waals surface area contributed by atoms with Crippen LogP contribution < -0.4 is 20.9 Å². The van der Waals surface area contributed by atoms with Gasteiger partial charge in [-0.3, -0.25) is 4.79 Å². The van der Waals surface area contributed by atoms with E-state index in [1.807, 2.05) is 42.8 Å². The van der Waals surface area contributed by atoms with Crippen molar-refractivity contribution < 1.29 is 9.18 Å². The van der Waals surface area contributed by atoms with Crippen LogP contribution in [0.2, 0.25) is 0 Å². The van der Waals surface area contributed by atoms with Crippen molar-refractivity contribution in [2.24, 2.45) is 5.92 Å². The zero-order valence-corrected chi connectivity index (χ0v) is 18.2. The van der Waals surface area contributed by atoms with Crippen molar-refractivity contribution in [2.75, 3.05) is 42.9 Å². The molecule has 0 saturated carbocycles. The number of piperazine rings is 1. The third-order valence-corrected chi connectivity index (χ3v) is 5.82. The summed E-state index contributed by atoms with van der Waals surface area (Å²) in [6.45, 7) is 7.35. The first-order valence-corrected chi connectivity index (χ1v) is 11.2. The first-order valence-electron chi connectivity index (χ1n) is 10.2. The molecule has 1 aromatic heterocycles. The first-order chi connectivity index (χ1) is 14.5. The zero-order chi connectivity index (χ0) is 21.5. The van der Waals surface area contributed by atoms with Gasteiger partial charge in [-0.05, 0) is 30.0 Å². The summed E-state index contributed by atoms with van der Waals surface area (Å²) in [4.78, 5) is 14.5. The number of anilines is 2. The lowest BCUT2D eigenvalue weighted by Crippen LogP contribution is -2.43. The van der Waals surface area contributed by atoms with Crippen LogP contribution in [-0.4, -0.2) is 44.7 Å². The highest BCUT2D eigenvalue weighted by atomic mass is 32.1. The van der Waals surface area contributed by atoms with Crippen LogP contribution in [-0.2, 0) is 4.79 Å². The molecule has 30 heavy (non-hydrogen) atoms. The van der Waals surface area contributed by atoms with Crippen molar-refractivity contribution in [1.82, 2.24) is 10.6 Å². The standard InChI is InChI=1S/C22H28FN5OS/c1-15(2)11-19(22(29)26-6-5-24)27-20-14-30-13-17(20)16-3-4-21(18(23)12-16)28-9-7-25-8-10-28/h3-4,12-15,19,25,27H,6-11H2,1-2H3,(H,26,29)/t19-/m0/s1. The molecule has 1 fully saturated rings. The minimum absolute atomic E-state index is 0.0235. The second kappa shape index (κ2) is 10.4. The maximum atomic E-state index is 14.9. The molecule has 8 heteroatoms. The molecule has 1 atom stereocenters. The van der Waals surface area contributed by atoms with Crippen molar-refractivity contribution in [3.8, 4) is 17.2 Å². The SMILES string of the molecule is CC(C)C[C@H](Nc1cscc1-c1ccc(N2CCNCC2)c(F)c1)C(=O)NCC#N. The lowest BCUT2D eigenvalue weighted by atomic mass is 10.0. The van der Waals surface area contributed by atoms with E-state index in [0.717, 1.165) is 43.0 Å². The van der Waals surface area contributed by atoms with E-state index >= 15 is 0 Å². The van der Waals surface area contributed by atoms with Gasteiger partial charge in [0.1, 0.15) is 18.4 Å². The Labute approximate surface area is 181 Å². The van der Waals surface area contributed by atoms with Gasteiger partial charge in [0, 0.05) is 42.5 Å². The Morgan fingerprint density at radius 1 is 1.33 bits per heavy atom. The van der Waals surface area contributed by atoms with Gasteiger partial charge in [0.25, 0.3) is 0 Å². The Bertz CT molecular complexity index is 901. The van der Waals surface area contributed by atoms with Gasteiger partial charge >= 0.3 is 0 Å². The van der Waals surface area contributed by atoms with E-state index in [0.29, 0.717) is 18.0 Å². The van der Waals surface area contributed by atoms with Gasteiger partial charge in [0.2, 0.25) is 5.91 Å². The van der Waals surface area contributed by atoms with Crippen LogP contribution in [0.4, 0.5) is 15.8 Å².